The predicted molar refractivity (Wildman–Crippen MR) is 103 cm³/mol. The molecule has 0 bridgehead atoms. The maximum Gasteiger partial charge on any atom is 0.138 e. The first-order valence-corrected chi connectivity index (χ1v) is 8.82. The second-order valence-corrected chi connectivity index (χ2v) is 6.14. The maximum atomic E-state index is 5.91. The van der Waals surface area contributed by atoms with Crippen molar-refractivity contribution in [3.63, 3.8) is 0 Å². The van der Waals surface area contributed by atoms with Gasteiger partial charge in [-0.05, 0) is 62.8 Å². The number of H-pyrrole nitrogens is 1. The van der Waals surface area contributed by atoms with Gasteiger partial charge in [0.2, 0.25) is 0 Å². The molecule has 0 saturated heterocycles. The Morgan fingerprint density at radius 3 is 2.76 bits per heavy atom. The van der Waals surface area contributed by atoms with Gasteiger partial charge >= 0.3 is 0 Å². The minimum absolute atomic E-state index is 0.720. The van der Waals surface area contributed by atoms with E-state index in [2.05, 4.69) is 39.7 Å². The Hall–Kier alpha value is -2.37. The summed E-state index contributed by atoms with van der Waals surface area (Å²) in [6.07, 6.45) is 0.995. The number of ether oxygens (including phenoxy) is 1. The number of benzene rings is 2. The average Bonchev–Trinajstić information content (AvgIpc) is 3.06. The van der Waals surface area contributed by atoms with Gasteiger partial charge in [-0.25, -0.2) is 4.98 Å². The van der Waals surface area contributed by atoms with Crippen LogP contribution in [-0.2, 0) is 0 Å². The first-order valence-electron chi connectivity index (χ1n) is 8.82. The summed E-state index contributed by atoms with van der Waals surface area (Å²) >= 11 is 0. The summed E-state index contributed by atoms with van der Waals surface area (Å²) in [5, 5.41) is 6.49. The van der Waals surface area contributed by atoms with Crippen molar-refractivity contribution in [3.8, 4) is 17.1 Å². The van der Waals surface area contributed by atoms with E-state index < -0.39 is 0 Å². The van der Waals surface area contributed by atoms with E-state index in [1.54, 1.807) is 0 Å². The summed E-state index contributed by atoms with van der Waals surface area (Å²) in [5.41, 5.74) is 4.25. The standard InChI is InChI=1S/C20H26N4O/c1-15-14-16(20-23-17-6-3-4-7-18(17)24-20)8-9-19(15)25-13-5-10-22-12-11-21-2/h3-4,6-9,14,21-22H,5,10-13H2,1-2H3,(H,23,24). The van der Waals surface area contributed by atoms with Gasteiger partial charge in [0.05, 0.1) is 17.6 Å². The van der Waals surface area contributed by atoms with E-state index in [0.29, 0.717) is 0 Å². The van der Waals surface area contributed by atoms with Gasteiger partial charge in [0, 0.05) is 18.7 Å². The van der Waals surface area contributed by atoms with Gasteiger partial charge in [-0.2, -0.15) is 0 Å². The number of imidazole rings is 1. The van der Waals surface area contributed by atoms with Gasteiger partial charge < -0.3 is 20.4 Å². The highest BCUT2D eigenvalue weighted by Crippen LogP contribution is 2.26. The number of aromatic nitrogens is 2. The fraction of sp³-hybridized carbons (Fsp3) is 0.350. The van der Waals surface area contributed by atoms with Crippen LogP contribution in [0.3, 0.4) is 0 Å². The molecular formula is C20H26N4O. The van der Waals surface area contributed by atoms with Gasteiger partial charge in [-0.15, -0.1) is 0 Å². The Labute approximate surface area is 148 Å². The fourth-order valence-corrected chi connectivity index (χ4v) is 2.77. The van der Waals surface area contributed by atoms with Crippen molar-refractivity contribution in [3.05, 3.63) is 48.0 Å². The molecule has 0 saturated carbocycles. The minimum atomic E-state index is 0.720. The SMILES string of the molecule is CNCCNCCCOc1ccc(-c2nc3ccccc3[nH]2)cc1C. The molecule has 5 nitrogen and oxygen atoms in total. The number of fused-ring (bicyclic) bond motifs is 1. The molecule has 0 amide bonds. The van der Waals surface area contributed by atoms with Crippen molar-refractivity contribution in [2.45, 2.75) is 13.3 Å². The van der Waals surface area contributed by atoms with Crippen molar-refractivity contribution in [1.82, 2.24) is 20.6 Å². The third-order valence-corrected chi connectivity index (χ3v) is 4.14. The topological polar surface area (TPSA) is 62.0 Å². The first kappa shape index (κ1) is 17.5. The van der Waals surface area contributed by atoms with Crippen LogP contribution in [-0.4, -0.2) is 43.3 Å². The number of para-hydroxylation sites is 2. The summed E-state index contributed by atoms with van der Waals surface area (Å²) in [6, 6.07) is 14.3. The Bertz CT molecular complexity index is 779. The molecule has 0 unspecified atom stereocenters. The van der Waals surface area contributed by atoms with Crippen molar-refractivity contribution in [2.75, 3.05) is 33.3 Å². The van der Waals surface area contributed by atoms with Gasteiger partial charge in [0.1, 0.15) is 11.6 Å². The Kier molecular flexibility index (Phi) is 6.04. The molecule has 0 atom stereocenters. The van der Waals surface area contributed by atoms with E-state index in [-0.39, 0.29) is 0 Å². The number of rotatable bonds is 9. The molecule has 132 valence electrons. The smallest absolute Gasteiger partial charge is 0.138 e. The summed E-state index contributed by atoms with van der Waals surface area (Å²) in [5.74, 6) is 1.83. The highest BCUT2D eigenvalue weighted by molar-refractivity contribution is 5.79. The van der Waals surface area contributed by atoms with Gasteiger partial charge in [0.15, 0.2) is 0 Å². The van der Waals surface area contributed by atoms with Crippen LogP contribution in [0.5, 0.6) is 5.75 Å². The molecule has 3 aromatic rings. The Morgan fingerprint density at radius 2 is 1.96 bits per heavy atom. The third kappa shape index (κ3) is 4.59. The van der Waals surface area contributed by atoms with E-state index in [0.717, 1.165) is 66.4 Å². The predicted octanol–water partition coefficient (Wildman–Crippen LogP) is 3.12. The second kappa shape index (κ2) is 8.65. The summed E-state index contributed by atoms with van der Waals surface area (Å²) in [4.78, 5) is 8.02. The van der Waals surface area contributed by atoms with Crippen LogP contribution < -0.4 is 15.4 Å². The van der Waals surface area contributed by atoms with Crippen LogP contribution in [0.1, 0.15) is 12.0 Å². The van der Waals surface area contributed by atoms with Crippen LogP contribution in [0.2, 0.25) is 0 Å². The van der Waals surface area contributed by atoms with E-state index >= 15 is 0 Å². The average molecular weight is 338 g/mol. The molecule has 0 radical (unpaired) electrons. The lowest BCUT2D eigenvalue weighted by Crippen LogP contribution is -2.26. The zero-order valence-corrected chi connectivity index (χ0v) is 14.9. The third-order valence-electron chi connectivity index (χ3n) is 4.14. The number of hydrogen-bond acceptors (Lipinski definition) is 4. The number of aromatic amines is 1. The van der Waals surface area contributed by atoms with Crippen LogP contribution in [0, 0.1) is 6.92 Å². The molecular weight excluding hydrogens is 312 g/mol. The van der Waals surface area contributed by atoms with Crippen molar-refractivity contribution in [1.29, 1.82) is 0 Å². The molecule has 5 heteroatoms. The lowest BCUT2D eigenvalue weighted by Gasteiger charge is -2.10. The van der Waals surface area contributed by atoms with E-state index in [1.807, 2.05) is 37.4 Å². The van der Waals surface area contributed by atoms with Gasteiger partial charge in [0.25, 0.3) is 0 Å². The number of nitrogens with zero attached hydrogens (tertiary/aromatic N) is 1. The van der Waals surface area contributed by atoms with Crippen LogP contribution in [0.4, 0.5) is 0 Å². The summed E-state index contributed by atoms with van der Waals surface area (Å²) in [6.45, 7) is 5.74. The van der Waals surface area contributed by atoms with Gasteiger partial charge in [-0.3, -0.25) is 0 Å². The monoisotopic (exact) mass is 338 g/mol. The molecule has 25 heavy (non-hydrogen) atoms. The molecule has 0 fully saturated rings. The zero-order chi connectivity index (χ0) is 17.5. The van der Waals surface area contributed by atoms with Crippen LogP contribution >= 0.6 is 0 Å². The van der Waals surface area contributed by atoms with Crippen molar-refractivity contribution in [2.24, 2.45) is 0 Å². The largest absolute Gasteiger partial charge is 0.493 e. The number of likely N-dealkylation sites (N-methyl/N-ethyl adjacent to an activating group) is 1. The lowest BCUT2D eigenvalue weighted by molar-refractivity contribution is 0.306. The fourth-order valence-electron chi connectivity index (χ4n) is 2.77. The lowest BCUT2D eigenvalue weighted by atomic mass is 10.1. The summed E-state index contributed by atoms with van der Waals surface area (Å²) < 4.78 is 5.91. The molecule has 1 aromatic heterocycles. The van der Waals surface area contributed by atoms with Gasteiger partial charge in [-0.1, -0.05) is 12.1 Å². The molecule has 1 heterocycles. The number of aryl methyl sites for hydroxylation is 1. The number of hydrogen-bond donors (Lipinski definition) is 3. The molecule has 3 N–H and O–H groups in total. The minimum Gasteiger partial charge on any atom is -0.493 e. The second-order valence-electron chi connectivity index (χ2n) is 6.14. The molecule has 3 rings (SSSR count). The Balaban J connectivity index is 1.57. The normalized spacial score (nSPS) is 11.1. The highest BCUT2D eigenvalue weighted by Gasteiger charge is 2.07. The molecule has 0 aliphatic carbocycles. The molecule has 2 aromatic carbocycles. The summed E-state index contributed by atoms with van der Waals surface area (Å²) in [7, 11) is 1.96. The van der Waals surface area contributed by atoms with E-state index in [9.17, 15) is 0 Å². The highest BCUT2D eigenvalue weighted by atomic mass is 16.5. The van der Waals surface area contributed by atoms with Crippen LogP contribution in [0.25, 0.3) is 22.4 Å². The Morgan fingerprint density at radius 1 is 1.08 bits per heavy atom. The van der Waals surface area contributed by atoms with Crippen molar-refractivity contribution >= 4 is 11.0 Å². The van der Waals surface area contributed by atoms with Crippen LogP contribution in [0.15, 0.2) is 42.5 Å². The number of nitrogens with one attached hydrogen (secondary N) is 3. The maximum absolute atomic E-state index is 5.91. The van der Waals surface area contributed by atoms with E-state index in [1.165, 1.54) is 0 Å². The van der Waals surface area contributed by atoms with E-state index in [4.69, 9.17) is 4.74 Å². The quantitative estimate of drug-likeness (QED) is 0.525. The molecule has 0 spiro atoms. The van der Waals surface area contributed by atoms with Crippen molar-refractivity contribution < 1.29 is 4.74 Å². The molecule has 0 aliphatic rings. The first-order chi connectivity index (χ1) is 12.3. The zero-order valence-electron chi connectivity index (χ0n) is 14.9. The molecule has 0 aliphatic heterocycles.